The molecule has 2 aromatic heterocycles. The molecule has 4 heterocycles. The number of benzene rings is 2. The van der Waals surface area contributed by atoms with E-state index in [9.17, 15) is 19.1 Å². The third-order valence-corrected chi connectivity index (χ3v) is 8.03. The molecule has 0 saturated carbocycles. The van der Waals surface area contributed by atoms with Crippen LogP contribution in [0.4, 0.5) is 4.39 Å². The van der Waals surface area contributed by atoms with Gasteiger partial charge in [0.25, 0.3) is 11.5 Å². The van der Waals surface area contributed by atoms with Crippen molar-refractivity contribution in [2.75, 3.05) is 32.8 Å². The van der Waals surface area contributed by atoms with Gasteiger partial charge < -0.3 is 20.1 Å². The SMILES string of the molecule is CCC1CNCCO1.O=C(c1ccc(F)cc1)N1CCC(O)(Cn2cnc3c(cc(Cl)n3-c3ccccc3)c2=O)CC1. The maximum Gasteiger partial charge on any atom is 0.262 e. The second-order valence-electron chi connectivity index (χ2n) is 10.7. The lowest BCUT2D eigenvalue weighted by atomic mass is 9.91. The average Bonchev–Trinajstić information content (AvgIpc) is 3.36. The molecule has 42 heavy (non-hydrogen) atoms. The minimum atomic E-state index is -1.16. The van der Waals surface area contributed by atoms with Crippen LogP contribution in [-0.4, -0.2) is 74.5 Å². The molecule has 2 N–H and O–H groups in total. The van der Waals surface area contributed by atoms with E-state index in [0.29, 0.717) is 53.8 Å². The van der Waals surface area contributed by atoms with Crippen LogP contribution in [0.15, 0.2) is 71.8 Å². The van der Waals surface area contributed by atoms with Crippen molar-refractivity contribution in [2.24, 2.45) is 0 Å². The normalized spacial score (nSPS) is 18.4. The van der Waals surface area contributed by atoms with Crippen molar-refractivity contribution in [2.45, 2.75) is 44.4 Å². The molecule has 2 aliphatic rings. The zero-order chi connectivity index (χ0) is 29.7. The van der Waals surface area contributed by atoms with Crippen LogP contribution in [0.5, 0.6) is 0 Å². The topological polar surface area (TPSA) is 102 Å². The first-order valence-electron chi connectivity index (χ1n) is 14.2. The first-order valence-corrected chi connectivity index (χ1v) is 14.6. The first kappa shape index (κ1) is 29.9. The number of likely N-dealkylation sites (tertiary alicyclic amines) is 1. The van der Waals surface area contributed by atoms with Crippen LogP contribution in [0.25, 0.3) is 16.7 Å². The summed E-state index contributed by atoms with van der Waals surface area (Å²) in [4.78, 5) is 31.9. The van der Waals surface area contributed by atoms with Gasteiger partial charge in [-0.2, -0.15) is 0 Å². The van der Waals surface area contributed by atoms with E-state index in [1.807, 2.05) is 30.3 Å². The number of fused-ring (bicyclic) bond motifs is 1. The van der Waals surface area contributed by atoms with Crippen molar-refractivity contribution < 1.29 is 19.0 Å². The number of morpholine rings is 1. The maximum atomic E-state index is 13.2. The number of nitrogens with zero attached hydrogens (tertiary/aromatic N) is 4. The van der Waals surface area contributed by atoms with Crippen molar-refractivity contribution in [3.8, 4) is 5.69 Å². The van der Waals surface area contributed by atoms with Crippen LogP contribution < -0.4 is 10.9 Å². The summed E-state index contributed by atoms with van der Waals surface area (Å²) in [6.07, 6.45) is 3.64. The lowest BCUT2D eigenvalue weighted by Crippen LogP contribution is -2.49. The summed E-state index contributed by atoms with van der Waals surface area (Å²) in [5.41, 5.74) is 0.190. The molecule has 2 aromatic carbocycles. The summed E-state index contributed by atoms with van der Waals surface area (Å²) in [6.45, 7) is 5.81. The Kier molecular flexibility index (Phi) is 9.37. The number of piperidine rings is 1. The minimum Gasteiger partial charge on any atom is -0.388 e. The van der Waals surface area contributed by atoms with Crippen LogP contribution in [0.2, 0.25) is 5.15 Å². The van der Waals surface area contributed by atoms with Crippen molar-refractivity contribution in [3.05, 3.63) is 93.9 Å². The molecule has 6 rings (SSSR count). The number of para-hydroxylation sites is 1. The molecule has 1 amide bonds. The van der Waals surface area contributed by atoms with Gasteiger partial charge in [-0.3, -0.25) is 18.7 Å². The maximum absolute atomic E-state index is 13.2. The van der Waals surface area contributed by atoms with Gasteiger partial charge >= 0.3 is 0 Å². The number of ether oxygens (including phenoxy) is 1. The number of hydrogen-bond donors (Lipinski definition) is 2. The number of amides is 1. The summed E-state index contributed by atoms with van der Waals surface area (Å²) in [6, 6.07) is 16.4. The Morgan fingerprint density at radius 2 is 1.88 bits per heavy atom. The van der Waals surface area contributed by atoms with E-state index in [4.69, 9.17) is 16.3 Å². The van der Waals surface area contributed by atoms with Gasteiger partial charge in [0.2, 0.25) is 0 Å². The summed E-state index contributed by atoms with van der Waals surface area (Å²) in [5.74, 6) is -0.611. The molecular formula is C31H35ClFN5O4. The van der Waals surface area contributed by atoms with Crippen LogP contribution >= 0.6 is 11.6 Å². The smallest absolute Gasteiger partial charge is 0.262 e. The molecule has 0 spiro atoms. The number of rotatable bonds is 5. The molecule has 1 atom stereocenters. The minimum absolute atomic E-state index is 0.0570. The van der Waals surface area contributed by atoms with Crippen LogP contribution in [0.3, 0.4) is 0 Å². The highest BCUT2D eigenvalue weighted by atomic mass is 35.5. The highest BCUT2D eigenvalue weighted by Gasteiger charge is 2.35. The van der Waals surface area contributed by atoms with E-state index in [-0.39, 0.29) is 18.0 Å². The predicted octanol–water partition coefficient (Wildman–Crippen LogP) is 4.03. The van der Waals surface area contributed by atoms with Crippen molar-refractivity contribution in [1.29, 1.82) is 0 Å². The van der Waals surface area contributed by atoms with Gasteiger partial charge in [-0.15, -0.1) is 0 Å². The summed E-state index contributed by atoms with van der Waals surface area (Å²) < 4.78 is 21.6. The standard InChI is InChI=1S/C25H22ClFN4O3.C6H13NO/c26-21-14-20-22(31(21)19-4-2-1-3-5-19)28-16-30(24(20)33)15-25(34)10-12-29(13-11-25)23(32)17-6-8-18(27)9-7-17;1-2-6-5-7-3-4-8-6/h1-9,14,16,34H,10-13,15H2;6-7H,2-5H2,1H3. The average molecular weight is 596 g/mol. The monoisotopic (exact) mass is 595 g/mol. The van der Waals surface area contributed by atoms with Gasteiger partial charge in [0.1, 0.15) is 17.3 Å². The van der Waals surface area contributed by atoms with Crippen LogP contribution in [-0.2, 0) is 11.3 Å². The van der Waals surface area contributed by atoms with E-state index in [1.54, 1.807) is 15.5 Å². The lowest BCUT2D eigenvalue weighted by molar-refractivity contribution is -0.0299. The third kappa shape index (κ3) is 6.73. The molecule has 2 fully saturated rings. The number of aromatic nitrogens is 3. The second-order valence-corrected chi connectivity index (χ2v) is 11.1. The van der Waals surface area contributed by atoms with E-state index in [2.05, 4.69) is 17.2 Å². The molecular weight excluding hydrogens is 561 g/mol. The fraction of sp³-hybridized carbons (Fsp3) is 0.387. The van der Waals surface area contributed by atoms with Gasteiger partial charge in [0, 0.05) is 37.4 Å². The fourth-order valence-electron chi connectivity index (χ4n) is 5.28. The summed E-state index contributed by atoms with van der Waals surface area (Å²) in [7, 11) is 0. The van der Waals surface area contributed by atoms with Crippen LogP contribution in [0.1, 0.15) is 36.5 Å². The quantitative estimate of drug-likeness (QED) is 0.361. The second kappa shape index (κ2) is 13.2. The Morgan fingerprint density at radius 1 is 1.17 bits per heavy atom. The highest BCUT2D eigenvalue weighted by molar-refractivity contribution is 6.31. The third-order valence-electron chi connectivity index (χ3n) is 7.75. The molecule has 9 nitrogen and oxygen atoms in total. The zero-order valence-electron chi connectivity index (χ0n) is 23.5. The van der Waals surface area contributed by atoms with E-state index < -0.39 is 11.4 Å². The molecule has 2 aliphatic heterocycles. The molecule has 2 saturated heterocycles. The lowest BCUT2D eigenvalue weighted by Gasteiger charge is -2.38. The van der Waals surface area contributed by atoms with Crippen molar-refractivity contribution in [1.82, 2.24) is 24.3 Å². The predicted molar refractivity (Wildman–Crippen MR) is 160 cm³/mol. The van der Waals surface area contributed by atoms with Gasteiger partial charge in [0.15, 0.2) is 5.65 Å². The zero-order valence-corrected chi connectivity index (χ0v) is 24.3. The van der Waals surface area contributed by atoms with E-state index in [1.165, 1.54) is 35.2 Å². The Labute approximate surface area is 248 Å². The first-order chi connectivity index (χ1) is 20.3. The Morgan fingerprint density at radius 3 is 2.50 bits per heavy atom. The molecule has 11 heteroatoms. The molecule has 0 aliphatic carbocycles. The van der Waals surface area contributed by atoms with Gasteiger partial charge in [0.05, 0.1) is 30.2 Å². The number of carbonyl (C=O) groups excluding carboxylic acids is 1. The summed E-state index contributed by atoms with van der Waals surface area (Å²) >= 11 is 6.42. The molecule has 222 valence electrons. The van der Waals surface area contributed by atoms with Crippen LogP contribution in [0, 0.1) is 5.82 Å². The van der Waals surface area contributed by atoms with E-state index >= 15 is 0 Å². The molecule has 4 aromatic rings. The molecule has 0 bridgehead atoms. The number of carbonyl (C=O) groups is 1. The largest absolute Gasteiger partial charge is 0.388 e. The van der Waals surface area contributed by atoms with Gasteiger partial charge in [-0.25, -0.2) is 9.37 Å². The highest BCUT2D eigenvalue weighted by Crippen LogP contribution is 2.27. The van der Waals surface area contributed by atoms with Gasteiger partial charge in [-0.1, -0.05) is 36.7 Å². The Bertz CT molecular complexity index is 1560. The number of halogens is 2. The molecule has 0 radical (unpaired) electrons. The number of aliphatic hydroxyl groups is 1. The summed E-state index contributed by atoms with van der Waals surface area (Å²) in [5, 5.41) is 15.2. The molecule has 1 unspecified atom stereocenters. The van der Waals surface area contributed by atoms with Crippen molar-refractivity contribution in [3.63, 3.8) is 0 Å². The fourth-order valence-corrected chi connectivity index (χ4v) is 5.57. The van der Waals surface area contributed by atoms with E-state index in [0.717, 1.165) is 31.8 Å². The van der Waals surface area contributed by atoms with Crippen molar-refractivity contribution >= 4 is 28.5 Å². The number of nitrogens with one attached hydrogen (secondary N) is 1. The Hall–Kier alpha value is -3.57. The van der Waals surface area contributed by atoms with Gasteiger partial charge in [-0.05, 0) is 61.7 Å². The Balaban J connectivity index is 0.000000382. The number of hydrogen-bond acceptors (Lipinski definition) is 6.